The van der Waals surface area contributed by atoms with E-state index in [0.29, 0.717) is 12.5 Å². The number of carbonyl (C=O) groups is 1. The number of urea groups is 1. The molecule has 0 saturated heterocycles. The predicted molar refractivity (Wildman–Crippen MR) is 67.8 cm³/mol. The van der Waals surface area contributed by atoms with Gasteiger partial charge in [-0.2, -0.15) is 5.01 Å². The highest BCUT2D eigenvalue weighted by Crippen LogP contribution is 2.25. The molecule has 5 nitrogen and oxygen atoms in total. The molecule has 0 unspecified atom stereocenters. The summed E-state index contributed by atoms with van der Waals surface area (Å²) in [6, 6.07) is -0.590. The van der Waals surface area contributed by atoms with E-state index in [4.69, 9.17) is 23.4 Å². The minimum atomic E-state index is -0.590. The molecule has 1 saturated carbocycles. The quantitative estimate of drug-likeness (QED) is 0.336. The van der Waals surface area contributed by atoms with Crippen LogP contribution in [0, 0.1) is 10.8 Å². The second kappa shape index (κ2) is 7.71. The molecule has 7 heteroatoms. The second-order valence-corrected chi connectivity index (χ2v) is 5.01. The van der Waals surface area contributed by atoms with Crippen molar-refractivity contribution in [1.82, 2.24) is 9.43 Å². The van der Waals surface area contributed by atoms with Crippen LogP contribution in [0.4, 0.5) is 4.79 Å². The maximum absolute atomic E-state index is 11.7. The highest BCUT2D eigenvalue weighted by atomic mass is 35.5. The number of hydrogen-bond donors (Lipinski definition) is 0. The molecule has 1 aliphatic rings. The average molecular weight is 282 g/mol. The van der Waals surface area contributed by atoms with Gasteiger partial charge in [-0.3, -0.25) is 0 Å². The minimum absolute atomic E-state index is 0.0811. The van der Waals surface area contributed by atoms with Gasteiger partial charge in [-0.05, 0) is 18.8 Å². The van der Waals surface area contributed by atoms with Crippen LogP contribution in [0.3, 0.4) is 0 Å². The first-order valence-corrected chi connectivity index (χ1v) is 6.70. The summed E-state index contributed by atoms with van der Waals surface area (Å²) in [5, 5.41) is 3.37. The maximum Gasteiger partial charge on any atom is 0.357 e. The van der Waals surface area contributed by atoms with Gasteiger partial charge in [0.05, 0.1) is 11.8 Å². The van der Waals surface area contributed by atoms with Gasteiger partial charge < -0.3 is 0 Å². The molecule has 0 bridgehead atoms. The number of amides is 2. The molecule has 17 heavy (non-hydrogen) atoms. The van der Waals surface area contributed by atoms with Crippen LogP contribution in [0.2, 0.25) is 0 Å². The third-order valence-electron chi connectivity index (χ3n) is 2.97. The Balaban J connectivity index is 2.41. The van der Waals surface area contributed by atoms with Gasteiger partial charge in [0.2, 0.25) is 0 Å². The lowest BCUT2D eigenvalue weighted by Crippen LogP contribution is -2.38. The third-order valence-corrected chi connectivity index (χ3v) is 3.42. The third kappa shape index (κ3) is 4.68. The topological polar surface area (TPSA) is 53.0 Å². The number of carbonyl (C=O) groups excluding carboxylic acids is 1. The summed E-state index contributed by atoms with van der Waals surface area (Å²) in [5.41, 5.74) is 0. The first-order chi connectivity index (χ1) is 8.19. The molecular weight excluding hydrogens is 265 g/mol. The number of hydrogen-bond acceptors (Lipinski definition) is 3. The molecule has 1 aliphatic carbocycles. The molecule has 1 rings (SSSR count). The fourth-order valence-electron chi connectivity index (χ4n) is 2.05. The van der Waals surface area contributed by atoms with Crippen LogP contribution in [0.15, 0.2) is 5.29 Å². The molecule has 0 atom stereocenters. The number of rotatable bonds is 5. The first-order valence-electron chi connectivity index (χ1n) is 5.83. The summed E-state index contributed by atoms with van der Waals surface area (Å²) in [4.78, 5) is 22.1. The van der Waals surface area contributed by atoms with Gasteiger partial charge in [-0.25, -0.2) is 9.21 Å². The SMILES string of the molecule is O=NN(CCCl)C(=O)N(Cl)CC1CCCCC1. The van der Waals surface area contributed by atoms with Crippen molar-refractivity contribution in [3.05, 3.63) is 4.91 Å². The summed E-state index contributed by atoms with van der Waals surface area (Å²) in [7, 11) is 0. The number of nitroso groups, excluding NO2 is 1. The fourth-order valence-corrected chi connectivity index (χ4v) is 2.49. The van der Waals surface area contributed by atoms with E-state index < -0.39 is 6.03 Å². The van der Waals surface area contributed by atoms with E-state index in [1.807, 2.05) is 0 Å². The van der Waals surface area contributed by atoms with Crippen molar-refractivity contribution in [1.29, 1.82) is 0 Å². The Morgan fingerprint density at radius 2 is 1.94 bits per heavy atom. The summed E-state index contributed by atoms with van der Waals surface area (Å²) < 4.78 is 1.05. The molecule has 0 N–H and O–H groups in total. The lowest BCUT2D eigenvalue weighted by atomic mass is 9.89. The molecule has 2 amide bonds. The standard InChI is InChI=1S/C10H17Cl2N3O2/c11-6-7-15(13-17)10(16)14(12)8-9-4-2-1-3-5-9/h9H,1-8H2. The molecule has 1 fully saturated rings. The van der Waals surface area contributed by atoms with Gasteiger partial charge in [0.25, 0.3) is 0 Å². The Morgan fingerprint density at radius 1 is 1.29 bits per heavy atom. The molecular formula is C10H17Cl2N3O2. The van der Waals surface area contributed by atoms with Crippen molar-refractivity contribution < 1.29 is 4.79 Å². The van der Waals surface area contributed by atoms with E-state index in [2.05, 4.69) is 5.29 Å². The van der Waals surface area contributed by atoms with E-state index in [1.54, 1.807) is 0 Å². The highest BCUT2D eigenvalue weighted by Gasteiger charge is 2.24. The monoisotopic (exact) mass is 281 g/mol. The van der Waals surface area contributed by atoms with Crippen LogP contribution < -0.4 is 0 Å². The maximum atomic E-state index is 11.7. The molecule has 0 aromatic rings. The Labute approximate surface area is 111 Å². The van der Waals surface area contributed by atoms with E-state index in [0.717, 1.165) is 22.3 Å². The molecule has 0 heterocycles. The largest absolute Gasteiger partial charge is 0.357 e. The minimum Gasteiger partial charge on any atom is -0.245 e. The summed E-state index contributed by atoms with van der Waals surface area (Å²) in [5.74, 6) is 0.584. The van der Waals surface area contributed by atoms with Gasteiger partial charge in [-0.1, -0.05) is 19.3 Å². The van der Waals surface area contributed by atoms with E-state index >= 15 is 0 Å². The Kier molecular flexibility index (Phi) is 6.58. The van der Waals surface area contributed by atoms with Gasteiger partial charge in [0, 0.05) is 24.2 Å². The predicted octanol–water partition coefficient (Wildman–Crippen LogP) is 3.36. The Hall–Kier alpha value is -0.550. The van der Waals surface area contributed by atoms with Crippen LogP contribution in [0.25, 0.3) is 0 Å². The molecule has 0 aliphatic heterocycles. The van der Waals surface area contributed by atoms with Crippen LogP contribution in [-0.2, 0) is 0 Å². The zero-order valence-corrected chi connectivity index (χ0v) is 11.2. The van der Waals surface area contributed by atoms with E-state index in [9.17, 15) is 9.70 Å². The number of halogens is 2. The normalized spacial score (nSPS) is 16.6. The lowest BCUT2D eigenvalue weighted by Gasteiger charge is -2.26. The molecule has 0 aromatic heterocycles. The van der Waals surface area contributed by atoms with Crippen LogP contribution in [-0.4, -0.2) is 34.4 Å². The zero-order valence-electron chi connectivity index (χ0n) is 9.65. The summed E-state index contributed by atoms with van der Waals surface area (Å²) >= 11 is 11.3. The van der Waals surface area contributed by atoms with Gasteiger partial charge in [0.1, 0.15) is 0 Å². The zero-order chi connectivity index (χ0) is 12.7. The molecule has 0 radical (unpaired) electrons. The molecule has 98 valence electrons. The van der Waals surface area contributed by atoms with Gasteiger partial charge >= 0.3 is 6.03 Å². The number of nitrogens with zero attached hydrogens (tertiary/aromatic N) is 3. The van der Waals surface area contributed by atoms with Crippen molar-refractivity contribution in [2.24, 2.45) is 11.2 Å². The van der Waals surface area contributed by atoms with Crippen molar-refractivity contribution in [3.63, 3.8) is 0 Å². The van der Waals surface area contributed by atoms with Crippen LogP contribution >= 0.6 is 23.4 Å². The highest BCUT2D eigenvalue weighted by molar-refractivity contribution is 6.21. The van der Waals surface area contributed by atoms with Crippen molar-refractivity contribution in [2.45, 2.75) is 32.1 Å². The first kappa shape index (κ1) is 14.5. The van der Waals surface area contributed by atoms with Gasteiger partial charge in [-0.15, -0.1) is 16.5 Å². The fraction of sp³-hybridized carbons (Fsp3) is 0.900. The van der Waals surface area contributed by atoms with E-state index in [-0.39, 0.29) is 12.4 Å². The Morgan fingerprint density at radius 3 is 2.47 bits per heavy atom. The van der Waals surface area contributed by atoms with Crippen LogP contribution in [0.5, 0.6) is 0 Å². The van der Waals surface area contributed by atoms with Crippen molar-refractivity contribution >= 4 is 29.4 Å². The summed E-state index contributed by atoms with van der Waals surface area (Å²) in [6.07, 6.45) is 5.78. The smallest absolute Gasteiger partial charge is 0.245 e. The van der Waals surface area contributed by atoms with Crippen molar-refractivity contribution in [2.75, 3.05) is 19.0 Å². The molecule has 0 aromatic carbocycles. The van der Waals surface area contributed by atoms with Crippen LogP contribution in [0.1, 0.15) is 32.1 Å². The van der Waals surface area contributed by atoms with Crippen molar-refractivity contribution in [3.8, 4) is 0 Å². The second-order valence-electron chi connectivity index (χ2n) is 4.23. The molecule has 0 spiro atoms. The average Bonchev–Trinajstić information content (AvgIpc) is 2.36. The number of alkyl halides is 1. The van der Waals surface area contributed by atoms with Gasteiger partial charge in [0.15, 0.2) is 0 Å². The summed E-state index contributed by atoms with van der Waals surface area (Å²) in [6.45, 7) is 0.548. The lowest BCUT2D eigenvalue weighted by molar-refractivity contribution is 0.174. The Bertz CT molecular complexity index is 260. The van der Waals surface area contributed by atoms with E-state index in [1.165, 1.54) is 19.3 Å².